The molecule has 0 unspecified atom stereocenters. The summed E-state index contributed by atoms with van der Waals surface area (Å²) in [5.41, 5.74) is 6.79. The van der Waals surface area contributed by atoms with Gasteiger partial charge in [0, 0.05) is 13.5 Å². The van der Waals surface area contributed by atoms with E-state index in [1.54, 1.807) is 7.05 Å². The topological polar surface area (TPSA) is 84.2 Å². The van der Waals surface area contributed by atoms with Crippen LogP contribution < -0.4 is 16.4 Å². The molecule has 0 bridgehead atoms. The minimum Gasteiger partial charge on any atom is -0.357 e. The third-order valence-corrected chi connectivity index (χ3v) is 3.18. The smallest absolute Gasteiger partial charge is 0.242 e. The van der Waals surface area contributed by atoms with Crippen LogP contribution in [-0.4, -0.2) is 30.9 Å². The second kappa shape index (κ2) is 7.65. The first kappa shape index (κ1) is 16.2. The molecule has 2 atom stereocenters. The van der Waals surface area contributed by atoms with Crippen molar-refractivity contribution >= 4 is 11.8 Å². The van der Waals surface area contributed by atoms with Gasteiger partial charge >= 0.3 is 0 Å². The van der Waals surface area contributed by atoms with E-state index in [9.17, 15) is 9.59 Å². The molecule has 0 saturated heterocycles. The Bertz CT molecular complexity index is 446. The summed E-state index contributed by atoms with van der Waals surface area (Å²) < 4.78 is 0. The average molecular weight is 277 g/mol. The summed E-state index contributed by atoms with van der Waals surface area (Å²) in [6.45, 7) is 3.74. The van der Waals surface area contributed by atoms with Gasteiger partial charge in [-0.05, 0) is 11.5 Å². The van der Waals surface area contributed by atoms with Crippen LogP contribution in [0, 0.1) is 5.92 Å². The first-order valence-corrected chi connectivity index (χ1v) is 6.77. The molecule has 1 aromatic carbocycles. The lowest BCUT2D eigenvalue weighted by atomic mass is 10.0. The van der Waals surface area contributed by atoms with Crippen LogP contribution in [0.25, 0.3) is 0 Å². The van der Waals surface area contributed by atoms with E-state index in [1.807, 2.05) is 44.2 Å². The molecule has 4 N–H and O–H groups in total. The van der Waals surface area contributed by atoms with Crippen LogP contribution in [0.3, 0.4) is 0 Å². The Morgan fingerprint density at radius 1 is 1.15 bits per heavy atom. The van der Waals surface area contributed by atoms with Crippen molar-refractivity contribution in [3.63, 3.8) is 0 Å². The fourth-order valence-electron chi connectivity index (χ4n) is 1.80. The van der Waals surface area contributed by atoms with E-state index in [1.165, 1.54) is 0 Å². The molecule has 0 aliphatic rings. The number of carbonyl (C=O) groups excluding carboxylic acids is 2. The molecule has 0 heterocycles. The zero-order valence-electron chi connectivity index (χ0n) is 12.2. The molecule has 1 aromatic rings. The van der Waals surface area contributed by atoms with Gasteiger partial charge in [0.05, 0.1) is 6.04 Å². The molecule has 5 heteroatoms. The Labute approximate surface area is 119 Å². The summed E-state index contributed by atoms with van der Waals surface area (Å²) in [5.74, 6) is -0.500. The second-order valence-corrected chi connectivity index (χ2v) is 5.13. The SMILES string of the molecule is CNC(=O)[C@@H](Cc1ccccc1)NC(=O)[C@@H](N)C(C)C. The highest BCUT2D eigenvalue weighted by Gasteiger charge is 2.24. The second-order valence-electron chi connectivity index (χ2n) is 5.13. The first-order chi connectivity index (χ1) is 9.45. The van der Waals surface area contributed by atoms with Crippen LogP contribution in [-0.2, 0) is 16.0 Å². The summed E-state index contributed by atoms with van der Waals surface area (Å²) in [7, 11) is 1.55. The molecule has 0 spiro atoms. The highest BCUT2D eigenvalue weighted by Crippen LogP contribution is 2.05. The van der Waals surface area contributed by atoms with E-state index in [0.29, 0.717) is 6.42 Å². The predicted molar refractivity (Wildman–Crippen MR) is 79.0 cm³/mol. The molecule has 110 valence electrons. The molecular formula is C15H23N3O2. The summed E-state index contributed by atoms with van der Waals surface area (Å²) in [6, 6.07) is 8.33. The van der Waals surface area contributed by atoms with Gasteiger partial charge in [-0.15, -0.1) is 0 Å². The summed E-state index contributed by atoms with van der Waals surface area (Å²) in [6.07, 6.45) is 0.442. The Balaban J connectivity index is 2.75. The fraction of sp³-hybridized carbons (Fsp3) is 0.467. The molecule has 0 aliphatic heterocycles. The van der Waals surface area contributed by atoms with Crippen LogP contribution in [0.1, 0.15) is 19.4 Å². The standard InChI is InChI=1S/C15H23N3O2/c1-10(2)13(16)15(20)18-12(14(19)17-3)9-11-7-5-4-6-8-11/h4-8,10,12-13H,9,16H2,1-3H3,(H,17,19)(H,18,20)/t12-,13+/m1/s1. The van der Waals surface area contributed by atoms with Crippen LogP contribution in [0.2, 0.25) is 0 Å². The van der Waals surface area contributed by atoms with Crippen LogP contribution in [0.15, 0.2) is 30.3 Å². The number of nitrogens with one attached hydrogen (secondary N) is 2. The quantitative estimate of drug-likeness (QED) is 0.705. The van der Waals surface area contributed by atoms with Crippen molar-refractivity contribution < 1.29 is 9.59 Å². The van der Waals surface area contributed by atoms with Crippen molar-refractivity contribution in [1.29, 1.82) is 0 Å². The third-order valence-electron chi connectivity index (χ3n) is 3.18. The fourth-order valence-corrected chi connectivity index (χ4v) is 1.80. The highest BCUT2D eigenvalue weighted by molar-refractivity contribution is 5.89. The maximum atomic E-state index is 12.0. The largest absolute Gasteiger partial charge is 0.357 e. The van der Waals surface area contributed by atoms with E-state index >= 15 is 0 Å². The van der Waals surface area contributed by atoms with Gasteiger partial charge in [-0.1, -0.05) is 44.2 Å². The van der Waals surface area contributed by atoms with E-state index in [0.717, 1.165) is 5.56 Å². The number of hydrogen-bond donors (Lipinski definition) is 3. The predicted octanol–water partition coefficient (Wildman–Crippen LogP) is 0.443. The molecule has 0 radical (unpaired) electrons. The van der Waals surface area contributed by atoms with Gasteiger partial charge in [0.2, 0.25) is 11.8 Å². The lowest BCUT2D eigenvalue weighted by Gasteiger charge is -2.21. The van der Waals surface area contributed by atoms with Crippen molar-refractivity contribution in [2.24, 2.45) is 11.7 Å². The van der Waals surface area contributed by atoms with Crippen molar-refractivity contribution in [1.82, 2.24) is 10.6 Å². The first-order valence-electron chi connectivity index (χ1n) is 6.77. The third kappa shape index (κ3) is 4.66. The van der Waals surface area contributed by atoms with Crippen LogP contribution >= 0.6 is 0 Å². The number of hydrogen-bond acceptors (Lipinski definition) is 3. The molecule has 0 fully saturated rings. The summed E-state index contributed by atoms with van der Waals surface area (Å²) in [4.78, 5) is 23.9. The number of likely N-dealkylation sites (N-methyl/N-ethyl adjacent to an activating group) is 1. The summed E-state index contributed by atoms with van der Waals surface area (Å²) in [5, 5.41) is 5.29. The normalized spacial score (nSPS) is 13.7. The molecule has 2 amide bonds. The van der Waals surface area contributed by atoms with Crippen molar-refractivity contribution in [2.75, 3.05) is 7.05 Å². The molecule has 20 heavy (non-hydrogen) atoms. The van der Waals surface area contributed by atoms with E-state index < -0.39 is 12.1 Å². The minimum atomic E-state index is -0.613. The van der Waals surface area contributed by atoms with Gasteiger partial charge in [-0.2, -0.15) is 0 Å². The van der Waals surface area contributed by atoms with Gasteiger partial charge < -0.3 is 16.4 Å². The maximum absolute atomic E-state index is 12.0. The average Bonchev–Trinajstić information content (AvgIpc) is 2.45. The van der Waals surface area contributed by atoms with Crippen LogP contribution in [0.4, 0.5) is 0 Å². The Hall–Kier alpha value is -1.88. The van der Waals surface area contributed by atoms with Crippen LogP contribution in [0.5, 0.6) is 0 Å². The molecule has 0 aromatic heterocycles. The van der Waals surface area contributed by atoms with E-state index in [-0.39, 0.29) is 17.7 Å². The lowest BCUT2D eigenvalue weighted by Crippen LogP contribution is -2.53. The zero-order chi connectivity index (χ0) is 15.1. The summed E-state index contributed by atoms with van der Waals surface area (Å²) >= 11 is 0. The highest BCUT2D eigenvalue weighted by atomic mass is 16.2. The van der Waals surface area contributed by atoms with E-state index in [4.69, 9.17) is 5.73 Å². The monoisotopic (exact) mass is 277 g/mol. The van der Waals surface area contributed by atoms with Gasteiger partial charge in [-0.3, -0.25) is 9.59 Å². The number of amides is 2. The zero-order valence-corrected chi connectivity index (χ0v) is 12.2. The number of carbonyl (C=O) groups is 2. The van der Waals surface area contributed by atoms with E-state index in [2.05, 4.69) is 10.6 Å². The van der Waals surface area contributed by atoms with Gasteiger partial charge in [0.15, 0.2) is 0 Å². The molecule has 1 rings (SSSR count). The molecule has 0 aliphatic carbocycles. The maximum Gasteiger partial charge on any atom is 0.242 e. The van der Waals surface area contributed by atoms with Crippen molar-refractivity contribution in [3.05, 3.63) is 35.9 Å². The Kier molecular flexibility index (Phi) is 6.18. The Morgan fingerprint density at radius 2 is 1.75 bits per heavy atom. The number of benzene rings is 1. The van der Waals surface area contributed by atoms with Crippen molar-refractivity contribution in [3.8, 4) is 0 Å². The van der Waals surface area contributed by atoms with Gasteiger partial charge in [0.25, 0.3) is 0 Å². The van der Waals surface area contributed by atoms with Gasteiger partial charge in [0.1, 0.15) is 6.04 Å². The van der Waals surface area contributed by atoms with Crippen molar-refractivity contribution in [2.45, 2.75) is 32.4 Å². The Morgan fingerprint density at radius 3 is 2.25 bits per heavy atom. The van der Waals surface area contributed by atoms with Gasteiger partial charge in [-0.25, -0.2) is 0 Å². The number of rotatable bonds is 6. The molecule has 5 nitrogen and oxygen atoms in total. The number of nitrogens with two attached hydrogens (primary N) is 1. The minimum absolute atomic E-state index is 0.0251. The molecule has 0 saturated carbocycles. The lowest BCUT2D eigenvalue weighted by molar-refractivity contribution is -0.129. The molecular weight excluding hydrogens is 254 g/mol.